The van der Waals surface area contributed by atoms with Crippen molar-refractivity contribution in [3.8, 4) is 6.07 Å². The summed E-state index contributed by atoms with van der Waals surface area (Å²) in [4.78, 5) is 0. The highest BCUT2D eigenvalue weighted by molar-refractivity contribution is 7.92. The summed E-state index contributed by atoms with van der Waals surface area (Å²) in [6, 6.07) is 9.14. The molecule has 1 aliphatic carbocycles. The van der Waals surface area contributed by atoms with E-state index in [0.29, 0.717) is 5.02 Å². The molecule has 0 amide bonds. The molecule has 0 heterocycles. The molecule has 0 saturated heterocycles. The van der Waals surface area contributed by atoms with Crippen LogP contribution in [0.15, 0.2) is 24.3 Å². The van der Waals surface area contributed by atoms with Gasteiger partial charge in [0.25, 0.3) is 0 Å². The van der Waals surface area contributed by atoms with Crippen molar-refractivity contribution in [3.63, 3.8) is 0 Å². The summed E-state index contributed by atoms with van der Waals surface area (Å²) in [5, 5.41) is 9.36. The van der Waals surface area contributed by atoms with Gasteiger partial charge in [-0.05, 0) is 17.7 Å². The van der Waals surface area contributed by atoms with Gasteiger partial charge in [0.2, 0.25) is 0 Å². The predicted octanol–water partition coefficient (Wildman–Crippen LogP) is 2.40. The molecular formula is C14H16ClNO3S. The van der Waals surface area contributed by atoms with Crippen molar-refractivity contribution in [2.45, 2.75) is 18.1 Å². The van der Waals surface area contributed by atoms with Gasteiger partial charge in [0.15, 0.2) is 9.84 Å². The van der Waals surface area contributed by atoms with E-state index in [4.69, 9.17) is 16.3 Å². The Morgan fingerprint density at radius 1 is 1.40 bits per heavy atom. The molecule has 6 heteroatoms. The summed E-state index contributed by atoms with van der Waals surface area (Å²) in [6.07, 6.45) is 0. The average molecular weight is 314 g/mol. The van der Waals surface area contributed by atoms with Crippen LogP contribution in [0.5, 0.6) is 0 Å². The van der Waals surface area contributed by atoms with Crippen LogP contribution >= 0.6 is 11.6 Å². The second kappa shape index (κ2) is 5.36. The third-order valence-electron chi connectivity index (χ3n) is 3.87. The Morgan fingerprint density at radius 2 is 2.00 bits per heavy atom. The molecular weight excluding hydrogens is 298 g/mol. The molecule has 0 N–H and O–H groups in total. The first-order chi connectivity index (χ1) is 9.43. The number of hydrogen-bond acceptors (Lipinski definition) is 4. The van der Waals surface area contributed by atoms with Crippen LogP contribution in [0.4, 0.5) is 0 Å². The number of ether oxygens (including phenoxy) is 1. The largest absolute Gasteiger partial charge is 0.383 e. The second-order valence-electron chi connectivity index (χ2n) is 4.99. The highest BCUT2D eigenvalue weighted by Gasteiger charge is 2.71. The van der Waals surface area contributed by atoms with Crippen LogP contribution in [0.25, 0.3) is 0 Å². The molecule has 1 aromatic rings. The summed E-state index contributed by atoms with van der Waals surface area (Å²) in [6.45, 7) is 1.71. The first kappa shape index (κ1) is 15.3. The summed E-state index contributed by atoms with van der Waals surface area (Å²) in [7, 11) is -1.83. The van der Waals surface area contributed by atoms with E-state index in [1.807, 2.05) is 0 Å². The fraction of sp³-hybridized carbons (Fsp3) is 0.500. The molecule has 2 rings (SSSR count). The van der Waals surface area contributed by atoms with Crippen molar-refractivity contribution >= 4 is 21.4 Å². The Bertz CT molecular complexity index is 635. The zero-order valence-electron chi connectivity index (χ0n) is 11.3. The molecule has 108 valence electrons. The Morgan fingerprint density at radius 3 is 2.45 bits per heavy atom. The normalized spacial score (nSPS) is 28.9. The molecule has 0 unspecified atom stereocenters. The quantitative estimate of drug-likeness (QED) is 0.837. The molecule has 1 fully saturated rings. The third-order valence-corrected chi connectivity index (χ3v) is 6.39. The Labute approximate surface area is 124 Å². The van der Waals surface area contributed by atoms with Gasteiger partial charge in [-0.1, -0.05) is 30.7 Å². The summed E-state index contributed by atoms with van der Waals surface area (Å²) < 4.78 is 29.6. The van der Waals surface area contributed by atoms with Crippen LogP contribution < -0.4 is 0 Å². The van der Waals surface area contributed by atoms with Gasteiger partial charge in [-0.15, -0.1) is 0 Å². The Kier molecular flexibility index (Phi) is 4.10. The van der Waals surface area contributed by atoms with E-state index < -0.39 is 20.5 Å². The fourth-order valence-electron chi connectivity index (χ4n) is 2.83. The zero-order chi connectivity index (χ0) is 15.0. The maximum absolute atomic E-state index is 12.2. The van der Waals surface area contributed by atoms with E-state index in [9.17, 15) is 13.7 Å². The number of methoxy groups -OCH3 is 1. The molecule has 0 spiro atoms. The minimum absolute atomic E-state index is 0.0227. The zero-order valence-corrected chi connectivity index (χ0v) is 12.9. The smallest absolute Gasteiger partial charge is 0.155 e. The van der Waals surface area contributed by atoms with Crippen molar-refractivity contribution in [2.75, 3.05) is 19.5 Å². The number of sulfone groups is 1. The molecule has 0 bridgehead atoms. The monoisotopic (exact) mass is 313 g/mol. The van der Waals surface area contributed by atoms with Crippen LogP contribution in [-0.4, -0.2) is 33.1 Å². The maximum Gasteiger partial charge on any atom is 0.155 e. The van der Waals surface area contributed by atoms with Gasteiger partial charge < -0.3 is 4.74 Å². The predicted molar refractivity (Wildman–Crippen MR) is 77.4 cm³/mol. The number of nitrogens with zero attached hydrogens (tertiary/aromatic N) is 1. The van der Waals surface area contributed by atoms with E-state index in [1.54, 1.807) is 31.2 Å². The van der Waals surface area contributed by atoms with E-state index in [-0.39, 0.29) is 18.3 Å². The van der Waals surface area contributed by atoms with E-state index >= 15 is 0 Å². The topological polar surface area (TPSA) is 67.2 Å². The summed E-state index contributed by atoms with van der Waals surface area (Å²) in [5.74, 6) is -0.329. The molecule has 20 heavy (non-hydrogen) atoms. The first-order valence-electron chi connectivity index (χ1n) is 6.30. The van der Waals surface area contributed by atoms with Crippen molar-refractivity contribution in [2.24, 2.45) is 5.41 Å². The van der Waals surface area contributed by atoms with Gasteiger partial charge in [-0.3, -0.25) is 0 Å². The highest BCUT2D eigenvalue weighted by Crippen LogP contribution is 2.62. The summed E-state index contributed by atoms with van der Waals surface area (Å²) in [5.41, 5.74) is -0.174. The van der Waals surface area contributed by atoms with E-state index in [2.05, 4.69) is 6.07 Å². The highest BCUT2D eigenvalue weighted by atomic mass is 35.5. The van der Waals surface area contributed by atoms with Gasteiger partial charge in [-0.25, -0.2) is 8.42 Å². The van der Waals surface area contributed by atoms with Gasteiger partial charge in [0.1, 0.15) is 5.41 Å². The Hall–Kier alpha value is -1.09. The second-order valence-corrected chi connectivity index (χ2v) is 7.83. The van der Waals surface area contributed by atoms with E-state index in [1.165, 1.54) is 7.11 Å². The molecule has 0 radical (unpaired) electrons. The fourth-order valence-corrected chi connectivity index (χ4v) is 4.96. The molecule has 1 aliphatic rings. The minimum atomic E-state index is -3.31. The van der Waals surface area contributed by atoms with Gasteiger partial charge in [-0.2, -0.15) is 5.26 Å². The molecule has 4 nitrogen and oxygen atoms in total. The number of hydrogen-bond donors (Lipinski definition) is 0. The van der Waals surface area contributed by atoms with Crippen molar-refractivity contribution in [1.82, 2.24) is 0 Å². The van der Waals surface area contributed by atoms with Crippen molar-refractivity contribution in [1.29, 1.82) is 5.26 Å². The third kappa shape index (κ3) is 2.32. The SMILES string of the molecule is CCS(=O)(=O)[C@@H]1[C@@H](c2ccc(Cl)cc2)[C@]1(C#N)COC. The van der Waals surface area contributed by atoms with Crippen LogP contribution in [0.1, 0.15) is 18.4 Å². The summed E-state index contributed by atoms with van der Waals surface area (Å²) >= 11 is 5.85. The van der Waals surface area contributed by atoms with Gasteiger partial charge >= 0.3 is 0 Å². The molecule has 1 aromatic carbocycles. The standard InChI is InChI=1S/C14H16ClNO3S/c1-3-20(17,18)13-12(14(13,8-16)9-19-2)10-4-6-11(15)7-5-10/h4-7,12-13H,3,9H2,1-2H3/t12-,13-,14+/m1/s1. The lowest BCUT2D eigenvalue weighted by Crippen LogP contribution is -2.20. The lowest BCUT2D eigenvalue weighted by atomic mass is 10.0. The van der Waals surface area contributed by atoms with E-state index in [0.717, 1.165) is 5.56 Å². The van der Waals surface area contributed by atoms with Crippen LogP contribution in [-0.2, 0) is 14.6 Å². The molecule has 1 saturated carbocycles. The average Bonchev–Trinajstić information content (AvgIpc) is 3.10. The molecule has 3 atom stereocenters. The van der Waals surface area contributed by atoms with Gasteiger partial charge in [0, 0.05) is 23.8 Å². The minimum Gasteiger partial charge on any atom is -0.383 e. The molecule has 0 aliphatic heterocycles. The first-order valence-corrected chi connectivity index (χ1v) is 8.39. The lowest BCUT2D eigenvalue weighted by Gasteiger charge is -2.07. The van der Waals surface area contributed by atoms with Crippen molar-refractivity contribution < 1.29 is 13.2 Å². The number of benzene rings is 1. The van der Waals surface area contributed by atoms with Gasteiger partial charge in [0.05, 0.1) is 17.9 Å². The lowest BCUT2D eigenvalue weighted by molar-refractivity contribution is 0.162. The van der Waals surface area contributed by atoms with Crippen LogP contribution in [0.3, 0.4) is 0 Å². The number of halogens is 1. The van der Waals surface area contributed by atoms with Crippen molar-refractivity contribution in [3.05, 3.63) is 34.9 Å². The maximum atomic E-state index is 12.2. The van der Waals surface area contributed by atoms with Crippen LogP contribution in [0.2, 0.25) is 5.02 Å². The Balaban J connectivity index is 2.45. The van der Waals surface area contributed by atoms with Crippen LogP contribution in [0, 0.1) is 16.7 Å². The number of nitriles is 1. The number of rotatable bonds is 5. The molecule has 0 aromatic heterocycles.